The summed E-state index contributed by atoms with van der Waals surface area (Å²) in [5.41, 5.74) is 0. The summed E-state index contributed by atoms with van der Waals surface area (Å²) in [6.07, 6.45) is 0.323. The largest absolute Gasteiger partial charge is 0.466 e. The number of carbonyl (C=O) groups excluding carboxylic acids is 2. The number of unbranched alkanes of at least 4 members (excludes halogenated alkanes) is 5. The van der Waals surface area contributed by atoms with E-state index < -0.39 is 30.6 Å². The van der Waals surface area contributed by atoms with Crippen molar-refractivity contribution >= 4 is 11.9 Å². The van der Waals surface area contributed by atoms with Gasteiger partial charge in [-0.15, -0.1) is 0 Å². The third-order valence-electron chi connectivity index (χ3n) is 4.82. The fraction of sp³-hybridized carbons (Fsp3) is 0.905. The van der Waals surface area contributed by atoms with Crippen molar-refractivity contribution in [3.63, 3.8) is 0 Å². The van der Waals surface area contributed by atoms with Gasteiger partial charge >= 0.3 is 11.9 Å². The van der Waals surface area contributed by atoms with Crippen molar-refractivity contribution in [3.8, 4) is 0 Å². The predicted octanol–water partition coefficient (Wildman–Crippen LogP) is 1.02. The third-order valence-corrected chi connectivity index (χ3v) is 4.82. The minimum atomic E-state index is -1.94. The summed E-state index contributed by atoms with van der Waals surface area (Å²) >= 11 is 0. The second-order valence-corrected chi connectivity index (χ2v) is 7.87. The van der Waals surface area contributed by atoms with Crippen LogP contribution in [-0.4, -0.2) is 75.3 Å². The van der Waals surface area contributed by atoms with E-state index in [9.17, 15) is 24.9 Å². The van der Waals surface area contributed by atoms with Crippen LogP contribution in [0.4, 0.5) is 0 Å². The highest BCUT2D eigenvalue weighted by molar-refractivity contribution is 5.70. The lowest BCUT2D eigenvalue weighted by Crippen LogP contribution is -2.45. The van der Waals surface area contributed by atoms with Crippen molar-refractivity contribution < 1.29 is 44.6 Å². The summed E-state index contributed by atoms with van der Waals surface area (Å²) in [4.78, 5) is 23.3. The molecule has 0 unspecified atom stereocenters. The van der Waals surface area contributed by atoms with Gasteiger partial charge in [0.05, 0.1) is 12.7 Å². The topological polar surface area (TPSA) is 154 Å². The first-order chi connectivity index (χ1) is 14.2. The average molecular weight is 437 g/mol. The Hall–Kier alpha value is -1.26. The van der Waals surface area contributed by atoms with E-state index in [0.717, 1.165) is 38.5 Å². The van der Waals surface area contributed by atoms with Crippen LogP contribution in [-0.2, 0) is 19.1 Å². The van der Waals surface area contributed by atoms with E-state index in [1.54, 1.807) is 0 Å². The molecule has 0 bridgehead atoms. The molecule has 5 N–H and O–H groups in total. The number of aliphatic hydroxyl groups excluding tert-OH is 5. The van der Waals surface area contributed by atoms with Crippen LogP contribution in [0.5, 0.6) is 0 Å². The summed E-state index contributed by atoms with van der Waals surface area (Å²) in [6, 6.07) is 0. The number of carbonyl (C=O) groups is 2. The molecule has 0 aliphatic carbocycles. The zero-order valence-electron chi connectivity index (χ0n) is 18.2. The van der Waals surface area contributed by atoms with Crippen molar-refractivity contribution in [1.82, 2.24) is 0 Å². The minimum Gasteiger partial charge on any atom is -0.466 e. The van der Waals surface area contributed by atoms with Crippen LogP contribution in [0.15, 0.2) is 0 Å². The molecule has 0 aliphatic rings. The van der Waals surface area contributed by atoms with Gasteiger partial charge in [0, 0.05) is 19.4 Å². The van der Waals surface area contributed by atoms with Crippen LogP contribution < -0.4 is 0 Å². The zero-order chi connectivity index (χ0) is 22.9. The van der Waals surface area contributed by atoms with Gasteiger partial charge in [0.1, 0.15) is 12.2 Å². The van der Waals surface area contributed by atoms with Crippen LogP contribution in [0.3, 0.4) is 0 Å². The van der Waals surface area contributed by atoms with E-state index in [0.29, 0.717) is 25.4 Å². The summed E-state index contributed by atoms with van der Waals surface area (Å²) in [5, 5.41) is 46.6. The number of hydrogen-bond acceptors (Lipinski definition) is 9. The molecule has 0 saturated carbocycles. The molecule has 0 saturated heterocycles. The van der Waals surface area contributed by atoms with Crippen molar-refractivity contribution in [2.45, 2.75) is 103 Å². The molecule has 0 aromatic carbocycles. The molecule has 0 aromatic rings. The van der Waals surface area contributed by atoms with E-state index in [4.69, 9.17) is 14.9 Å². The summed E-state index contributed by atoms with van der Waals surface area (Å²) in [6.45, 7) is 3.86. The highest BCUT2D eigenvalue weighted by Gasteiger charge is 2.30. The van der Waals surface area contributed by atoms with E-state index in [1.807, 2.05) is 6.92 Å². The lowest BCUT2D eigenvalue weighted by molar-refractivity contribution is -0.206. The molecule has 0 aliphatic heterocycles. The molecule has 5 atom stereocenters. The lowest BCUT2D eigenvalue weighted by Gasteiger charge is -2.24. The summed E-state index contributed by atoms with van der Waals surface area (Å²) in [5.74, 6) is -0.746. The fourth-order valence-electron chi connectivity index (χ4n) is 2.73. The number of aliphatic hydroxyl groups is 5. The van der Waals surface area contributed by atoms with Crippen LogP contribution in [0.25, 0.3) is 0 Å². The predicted molar refractivity (Wildman–Crippen MR) is 109 cm³/mol. The fourth-order valence-corrected chi connectivity index (χ4v) is 2.73. The van der Waals surface area contributed by atoms with Gasteiger partial charge in [-0.05, 0) is 38.5 Å². The molecule has 0 rings (SSSR count). The van der Waals surface area contributed by atoms with Crippen molar-refractivity contribution in [3.05, 3.63) is 0 Å². The van der Waals surface area contributed by atoms with Gasteiger partial charge in [-0.25, -0.2) is 0 Å². The monoisotopic (exact) mass is 436 g/mol. The normalized spacial score (nSPS) is 16.4. The Morgan fingerprint density at radius 1 is 0.767 bits per heavy atom. The maximum absolute atomic E-state index is 11.7. The number of hydrogen-bond donors (Lipinski definition) is 5. The Morgan fingerprint density at radius 3 is 1.93 bits per heavy atom. The molecule has 178 valence electrons. The maximum atomic E-state index is 11.7. The minimum absolute atomic E-state index is 0.0588. The Kier molecular flexibility index (Phi) is 16.7. The SMILES string of the molecule is C[C@H](CO)CCCCCCCOC(=O)CCCCC(=O)O[C@H](O)[C@H](O)[C@H](O)[C@@H](C)O. The van der Waals surface area contributed by atoms with Crippen LogP contribution in [0.1, 0.15) is 78.1 Å². The molecule has 9 heteroatoms. The third kappa shape index (κ3) is 14.7. The van der Waals surface area contributed by atoms with Gasteiger partial charge in [-0.2, -0.15) is 0 Å². The molecule has 9 nitrogen and oxygen atoms in total. The van der Waals surface area contributed by atoms with Crippen molar-refractivity contribution in [1.29, 1.82) is 0 Å². The summed E-state index contributed by atoms with van der Waals surface area (Å²) in [7, 11) is 0. The standard InChI is InChI=1S/C21H40O9/c1-15(14-22)10-6-4-3-5-9-13-29-17(24)11-7-8-12-18(25)30-21(28)20(27)19(26)16(2)23/h15-16,19-23,26-28H,3-14H2,1-2H3/t15-,16+,19+,20+,21-/m0/s1. The molecule has 0 heterocycles. The van der Waals surface area contributed by atoms with E-state index in [2.05, 4.69) is 4.74 Å². The number of esters is 2. The summed E-state index contributed by atoms with van der Waals surface area (Å²) < 4.78 is 9.74. The van der Waals surface area contributed by atoms with Crippen LogP contribution >= 0.6 is 0 Å². The van der Waals surface area contributed by atoms with Crippen LogP contribution in [0.2, 0.25) is 0 Å². The van der Waals surface area contributed by atoms with E-state index >= 15 is 0 Å². The highest BCUT2D eigenvalue weighted by atomic mass is 16.6. The van der Waals surface area contributed by atoms with Crippen LogP contribution in [0, 0.1) is 5.92 Å². The molecule has 0 aromatic heterocycles. The first kappa shape index (κ1) is 28.7. The Bertz CT molecular complexity index is 456. The molecular weight excluding hydrogens is 396 g/mol. The van der Waals surface area contributed by atoms with Crippen molar-refractivity contribution in [2.24, 2.45) is 5.92 Å². The molecule has 0 spiro atoms. The second-order valence-electron chi connectivity index (χ2n) is 7.87. The molecule has 30 heavy (non-hydrogen) atoms. The molecule has 0 amide bonds. The van der Waals surface area contributed by atoms with Gasteiger partial charge < -0.3 is 35.0 Å². The Morgan fingerprint density at radius 2 is 1.33 bits per heavy atom. The maximum Gasteiger partial charge on any atom is 0.308 e. The smallest absolute Gasteiger partial charge is 0.308 e. The van der Waals surface area contributed by atoms with Gasteiger partial charge in [0.15, 0.2) is 0 Å². The highest BCUT2D eigenvalue weighted by Crippen LogP contribution is 2.12. The van der Waals surface area contributed by atoms with Gasteiger partial charge in [0.25, 0.3) is 0 Å². The average Bonchev–Trinajstić information content (AvgIpc) is 2.71. The van der Waals surface area contributed by atoms with Crippen molar-refractivity contribution in [2.75, 3.05) is 13.2 Å². The number of rotatable bonds is 18. The molecule has 0 fully saturated rings. The molecule has 0 radical (unpaired) electrons. The van der Waals surface area contributed by atoms with E-state index in [-0.39, 0.29) is 25.4 Å². The van der Waals surface area contributed by atoms with E-state index in [1.165, 1.54) is 6.92 Å². The van der Waals surface area contributed by atoms with Gasteiger partial charge in [-0.3, -0.25) is 9.59 Å². The first-order valence-corrected chi connectivity index (χ1v) is 10.9. The Balaban J connectivity index is 3.65. The quantitative estimate of drug-likeness (QED) is 0.120. The van der Waals surface area contributed by atoms with Gasteiger partial charge in [0.2, 0.25) is 6.29 Å². The zero-order valence-corrected chi connectivity index (χ0v) is 18.2. The Labute approximate surface area is 179 Å². The van der Waals surface area contributed by atoms with Gasteiger partial charge in [-0.1, -0.05) is 32.6 Å². The first-order valence-electron chi connectivity index (χ1n) is 10.9. The number of ether oxygens (including phenoxy) is 2. The molecular formula is C21H40O9. The lowest BCUT2D eigenvalue weighted by atomic mass is 10.0. The second kappa shape index (κ2) is 17.4.